The summed E-state index contributed by atoms with van der Waals surface area (Å²) in [5, 5.41) is -0.313. The van der Waals surface area contributed by atoms with E-state index in [9.17, 15) is 8.42 Å². The molecule has 1 aliphatic carbocycles. The second-order valence-corrected chi connectivity index (χ2v) is 9.90. The number of methoxy groups -OCH3 is 1. The molecule has 2 N–H and O–H groups in total. The Bertz CT molecular complexity index is 952. The Hall–Kier alpha value is -2.16. The molecule has 0 bridgehead atoms. The lowest BCUT2D eigenvalue weighted by atomic mass is 9.87. The quantitative estimate of drug-likeness (QED) is 0.744. The number of ether oxygens (including phenoxy) is 2. The molecule has 0 unspecified atom stereocenters. The lowest BCUT2D eigenvalue weighted by molar-refractivity contribution is 0.0508. The summed E-state index contributed by atoms with van der Waals surface area (Å²) in [5.41, 5.74) is 8.21. The molecule has 0 amide bonds. The van der Waals surface area contributed by atoms with Gasteiger partial charge in [-0.1, -0.05) is 12.1 Å². The molecule has 2 fully saturated rings. The number of rotatable bonds is 7. The van der Waals surface area contributed by atoms with Gasteiger partial charge in [-0.05, 0) is 55.5 Å². The molecule has 7 nitrogen and oxygen atoms in total. The van der Waals surface area contributed by atoms with Gasteiger partial charge in [0.25, 0.3) is 0 Å². The van der Waals surface area contributed by atoms with Gasteiger partial charge in [-0.25, -0.2) is 8.42 Å². The largest absolute Gasteiger partial charge is 0.497 e. The van der Waals surface area contributed by atoms with E-state index in [2.05, 4.69) is 4.98 Å². The van der Waals surface area contributed by atoms with Crippen molar-refractivity contribution >= 4 is 15.7 Å². The number of hydrogen-bond donors (Lipinski definition) is 1. The van der Waals surface area contributed by atoms with Crippen molar-refractivity contribution in [3.8, 4) is 5.75 Å². The van der Waals surface area contributed by atoms with Crippen LogP contribution >= 0.6 is 0 Å². The Kier molecular flexibility index (Phi) is 5.50. The van der Waals surface area contributed by atoms with Crippen LogP contribution in [0.25, 0.3) is 0 Å². The average Bonchev–Trinajstić information content (AvgIpc) is 3.59. The molecule has 8 heteroatoms. The van der Waals surface area contributed by atoms with E-state index in [-0.39, 0.29) is 11.8 Å². The van der Waals surface area contributed by atoms with Gasteiger partial charge < -0.3 is 15.2 Å². The molecule has 1 saturated carbocycles. The van der Waals surface area contributed by atoms with Gasteiger partial charge >= 0.3 is 0 Å². The average molecular weight is 418 g/mol. The SMILES string of the molecule is COc1ccc(CN(c2ccnc(C3(N)CCOCC3)c2)S(=O)(=O)C2CC2)cc1. The van der Waals surface area contributed by atoms with E-state index in [0.717, 1.165) is 11.3 Å². The van der Waals surface area contributed by atoms with Crippen molar-refractivity contribution in [2.45, 2.75) is 43.0 Å². The van der Waals surface area contributed by atoms with Crippen LogP contribution in [0.4, 0.5) is 5.69 Å². The summed E-state index contributed by atoms with van der Waals surface area (Å²) in [7, 11) is -1.85. The number of benzene rings is 1. The first-order valence-electron chi connectivity index (χ1n) is 9.90. The summed E-state index contributed by atoms with van der Waals surface area (Å²) in [6, 6.07) is 11.0. The number of anilines is 1. The van der Waals surface area contributed by atoms with Gasteiger partial charge in [0.15, 0.2) is 0 Å². The second-order valence-electron chi connectivity index (χ2n) is 7.77. The molecule has 29 heavy (non-hydrogen) atoms. The summed E-state index contributed by atoms with van der Waals surface area (Å²) in [6.45, 7) is 1.42. The van der Waals surface area contributed by atoms with E-state index in [0.29, 0.717) is 50.3 Å². The van der Waals surface area contributed by atoms with Crippen molar-refractivity contribution in [3.05, 3.63) is 53.9 Å². The molecule has 2 aromatic rings. The zero-order chi connectivity index (χ0) is 20.5. The van der Waals surface area contributed by atoms with Crippen molar-refractivity contribution in [3.63, 3.8) is 0 Å². The standard InChI is InChI=1S/C21H27N3O4S/c1-27-18-4-2-16(3-5-18)15-24(29(25,26)19-6-7-19)17-8-11-23-20(14-17)21(22)9-12-28-13-10-21/h2-5,8,11,14,19H,6-7,9-10,12-13,15,22H2,1H3. The van der Waals surface area contributed by atoms with Gasteiger partial charge in [0.05, 0.1) is 35.8 Å². The number of sulfonamides is 1. The summed E-state index contributed by atoms with van der Waals surface area (Å²) in [5.74, 6) is 0.737. The minimum atomic E-state index is -3.45. The van der Waals surface area contributed by atoms with Crippen LogP contribution in [-0.2, 0) is 26.8 Å². The molecule has 2 aliphatic rings. The summed E-state index contributed by atoms with van der Waals surface area (Å²) in [6.07, 6.45) is 4.39. The lowest BCUT2D eigenvalue weighted by Gasteiger charge is -2.33. The molecule has 1 saturated heterocycles. The smallest absolute Gasteiger partial charge is 0.238 e. The van der Waals surface area contributed by atoms with Crippen LogP contribution in [0.5, 0.6) is 5.75 Å². The minimum absolute atomic E-state index is 0.257. The van der Waals surface area contributed by atoms with Crippen molar-refractivity contribution in [1.82, 2.24) is 4.98 Å². The monoisotopic (exact) mass is 417 g/mol. The molecular weight excluding hydrogens is 390 g/mol. The predicted octanol–water partition coefficient (Wildman–Crippen LogP) is 2.55. The van der Waals surface area contributed by atoms with Crippen LogP contribution in [0.1, 0.15) is 36.9 Å². The topological polar surface area (TPSA) is 94.8 Å². The van der Waals surface area contributed by atoms with E-state index in [4.69, 9.17) is 15.2 Å². The van der Waals surface area contributed by atoms with E-state index in [1.54, 1.807) is 19.4 Å². The molecule has 156 valence electrons. The third kappa shape index (κ3) is 4.24. The Morgan fingerprint density at radius 2 is 1.90 bits per heavy atom. The third-order valence-corrected chi connectivity index (χ3v) is 7.93. The van der Waals surface area contributed by atoms with Gasteiger partial charge in [-0.2, -0.15) is 0 Å². The zero-order valence-electron chi connectivity index (χ0n) is 16.6. The van der Waals surface area contributed by atoms with E-state index in [1.807, 2.05) is 30.3 Å². The van der Waals surface area contributed by atoms with Crippen LogP contribution in [0.15, 0.2) is 42.6 Å². The summed E-state index contributed by atoms with van der Waals surface area (Å²) >= 11 is 0. The highest BCUT2D eigenvalue weighted by Gasteiger charge is 2.41. The third-order valence-electron chi connectivity index (χ3n) is 5.66. The van der Waals surface area contributed by atoms with E-state index in [1.165, 1.54) is 4.31 Å². The Labute approximate surface area is 171 Å². The van der Waals surface area contributed by atoms with Gasteiger partial charge in [0.1, 0.15) is 5.75 Å². The second kappa shape index (κ2) is 7.93. The van der Waals surface area contributed by atoms with Crippen LogP contribution < -0.4 is 14.8 Å². The summed E-state index contributed by atoms with van der Waals surface area (Å²) in [4.78, 5) is 4.47. The Morgan fingerprint density at radius 3 is 2.52 bits per heavy atom. The molecule has 2 heterocycles. The van der Waals surface area contributed by atoms with E-state index < -0.39 is 15.6 Å². The minimum Gasteiger partial charge on any atom is -0.497 e. The number of pyridine rings is 1. The van der Waals surface area contributed by atoms with Gasteiger partial charge in [0, 0.05) is 19.4 Å². The first-order chi connectivity index (χ1) is 13.9. The van der Waals surface area contributed by atoms with Gasteiger partial charge in [0.2, 0.25) is 10.0 Å². The maximum atomic E-state index is 13.2. The highest BCUT2D eigenvalue weighted by Crippen LogP contribution is 2.36. The fourth-order valence-electron chi connectivity index (χ4n) is 3.61. The highest BCUT2D eigenvalue weighted by atomic mass is 32.2. The van der Waals surface area contributed by atoms with Gasteiger partial charge in [-0.3, -0.25) is 9.29 Å². The zero-order valence-corrected chi connectivity index (χ0v) is 17.4. The Balaban J connectivity index is 1.68. The van der Waals surface area contributed by atoms with Crippen molar-refractivity contribution < 1.29 is 17.9 Å². The molecule has 1 aliphatic heterocycles. The van der Waals surface area contributed by atoms with Crippen LogP contribution in [0.2, 0.25) is 0 Å². The molecule has 0 atom stereocenters. The normalized spacial score (nSPS) is 19.0. The predicted molar refractivity (Wildman–Crippen MR) is 111 cm³/mol. The molecule has 1 aromatic carbocycles. The fourth-order valence-corrected chi connectivity index (χ4v) is 5.44. The first-order valence-corrected chi connectivity index (χ1v) is 11.4. The lowest BCUT2D eigenvalue weighted by Crippen LogP contribution is -2.43. The number of aromatic nitrogens is 1. The Morgan fingerprint density at radius 1 is 1.21 bits per heavy atom. The molecule has 1 aromatic heterocycles. The van der Waals surface area contributed by atoms with Crippen LogP contribution in [0.3, 0.4) is 0 Å². The number of nitrogens with two attached hydrogens (primary N) is 1. The van der Waals surface area contributed by atoms with E-state index >= 15 is 0 Å². The maximum absolute atomic E-state index is 13.2. The summed E-state index contributed by atoms with van der Waals surface area (Å²) < 4.78 is 38.6. The number of hydrogen-bond acceptors (Lipinski definition) is 6. The van der Waals surface area contributed by atoms with Crippen LogP contribution in [0, 0.1) is 0 Å². The van der Waals surface area contributed by atoms with Crippen molar-refractivity contribution in [1.29, 1.82) is 0 Å². The highest BCUT2D eigenvalue weighted by molar-refractivity contribution is 7.93. The van der Waals surface area contributed by atoms with Gasteiger partial charge in [-0.15, -0.1) is 0 Å². The first kappa shape index (κ1) is 20.1. The van der Waals surface area contributed by atoms with Crippen LogP contribution in [-0.4, -0.2) is 39.0 Å². The molecular formula is C21H27N3O4S. The molecule has 0 spiro atoms. The van der Waals surface area contributed by atoms with Crippen molar-refractivity contribution in [2.24, 2.45) is 5.73 Å². The maximum Gasteiger partial charge on any atom is 0.238 e. The fraction of sp³-hybridized carbons (Fsp3) is 0.476. The number of nitrogens with zero attached hydrogens (tertiary/aromatic N) is 2. The molecule has 0 radical (unpaired) electrons. The van der Waals surface area contributed by atoms with Crippen molar-refractivity contribution in [2.75, 3.05) is 24.6 Å². The molecule has 4 rings (SSSR count).